The van der Waals surface area contributed by atoms with E-state index in [-0.39, 0.29) is 24.4 Å². The lowest BCUT2D eigenvalue weighted by Crippen LogP contribution is -2.23. The minimum Gasteiger partial charge on any atom is -0.478 e. The lowest BCUT2D eigenvalue weighted by atomic mass is 9.85. The van der Waals surface area contributed by atoms with E-state index >= 15 is 0 Å². The zero-order valence-corrected chi connectivity index (χ0v) is 13.2. The summed E-state index contributed by atoms with van der Waals surface area (Å²) in [4.78, 5) is 11.2. The second-order valence-electron chi connectivity index (χ2n) is 5.60. The van der Waals surface area contributed by atoms with Crippen molar-refractivity contribution in [3.8, 4) is 0 Å². The van der Waals surface area contributed by atoms with Crippen LogP contribution < -0.4 is 0 Å². The molecule has 1 rings (SSSR count). The number of allylic oxidation sites excluding steroid dienone is 3. The first-order valence-electron chi connectivity index (χ1n) is 7.30. The summed E-state index contributed by atoms with van der Waals surface area (Å²) in [6, 6.07) is 0. The molecule has 0 unspecified atom stereocenters. The molecule has 0 saturated carbocycles. The first-order valence-corrected chi connectivity index (χ1v) is 7.30. The topological polar surface area (TPSA) is 55.8 Å². The Morgan fingerprint density at radius 1 is 1.43 bits per heavy atom. The molecule has 0 bridgehead atoms. The number of ether oxygens (including phenoxy) is 2. The lowest BCUT2D eigenvalue weighted by molar-refractivity contribution is -0.133. The van der Waals surface area contributed by atoms with E-state index in [2.05, 4.69) is 25.7 Å². The van der Waals surface area contributed by atoms with Gasteiger partial charge in [0, 0.05) is 12.7 Å². The number of hydrogen-bond donors (Lipinski definition) is 1. The summed E-state index contributed by atoms with van der Waals surface area (Å²) < 4.78 is 10.7. The van der Waals surface area contributed by atoms with Crippen LogP contribution in [0.5, 0.6) is 0 Å². The highest BCUT2D eigenvalue weighted by molar-refractivity contribution is 5.86. The van der Waals surface area contributed by atoms with Crippen LogP contribution in [0, 0.1) is 5.92 Å². The average Bonchev–Trinajstić information content (AvgIpc) is 2.45. The monoisotopic (exact) mass is 294 g/mol. The van der Waals surface area contributed by atoms with Gasteiger partial charge in [0.1, 0.15) is 6.79 Å². The molecule has 0 aromatic carbocycles. The van der Waals surface area contributed by atoms with Crippen molar-refractivity contribution in [1.29, 1.82) is 0 Å². The molecule has 4 heteroatoms. The van der Waals surface area contributed by atoms with Gasteiger partial charge >= 0.3 is 5.97 Å². The normalized spacial score (nSPS) is 28.9. The van der Waals surface area contributed by atoms with Gasteiger partial charge in [0.05, 0.1) is 6.10 Å². The van der Waals surface area contributed by atoms with Crippen molar-refractivity contribution < 1.29 is 19.4 Å². The maximum atomic E-state index is 11.2. The summed E-state index contributed by atoms with van der Waals surface area (Å²) in [6.07, 6.45) is 7.38. The molecular formula is C17H26O4. The number of methoxy groups -OCH3 is 1. The van der Waals surface area contributed by atoms with Gasteiger partial charge in [0.2, 0.25) is 0 Å². The summed E-state index contributed by atoms with van der Waals surface area (Å²) >= 11 is 0. The fourth-order valence-corrected chi connectivity index (χ4v) is 2.48. The van der Waals surface area contributed by atoms with Crippen LogP contribution in [0.1, 0.15) is 39.5 Å². The molecule has 0 fully saturated rings. The largest absolute Gasteiger partial charge is 0.478 e. The molecule has 1 aliphatic rings. The van der Waals surface area contributed by atoms with E-state index in [1.54, 1.807) is 7.11 Å². The number of carboxylic acid groups (broad SMARTS) is 1. The van der Waals surface area contributed by atoms with E-state index in [4.69, 9.17) is 9.47 Å². The first kappa shape index (κ1) is 17.7. The van der Waals surface area contributed by atoms with Crippen LogP contribution in [0.4, 0.5) is 0 Å². The van der Waals surface area contributed by atoms with E-state index in [9.17, 15) is 9.90 Å². The Bertz CT molecular complexity index is 434. The van der Waals surface area contributed by atoms with Gasteiger partial charge in [0.25, 0.3) is 0 Å². The SMILES string of the molecule is C=C(C(=O)O)[C@@H]1CC/C(C)=C/C/C=C(/C)[C@@H](OCOC)C1. The summed E-state index contributed by atoms with van der Waals surface area (Å²) in [5.74, 6) is -1.01. The lowest BCUT2D eigenvalue weighted by Gasteiger charge is -2.25. The quantitative estimate of drug-likeness (QED) is 0.477. The molecule has 1 aliphatic carbocycles. The van der Waals surface area contributed by atoms with Crippen LogP contribution in [-0.4, -0.2) is 31.1 Å². The average molecular weight is 294 g/mol. The van der Waals surface area contributed by atoms with Crippen molar-refractivity contribution in [2.45, 2.75) is 45.6 Å². The van der Waals surface area contributed by atoms with Gasteiger partial charge in [-0.2, -0.15) is 0 Å². The Balaban J connectivity index is 2.95. The second-order valence-corrected chi connectivity index (χ2v) is 5.60. The minimum absolute atomic E-state index is 0.0887. The highest BCUT2D eigenvalue weighted by Crippen LogP contribution is 2.28. The number of aliphatic carboxylic acids is 1. The fraction of sp³-hybridized carbons (Fsp3) is 0.588. The maximum absolute atomic E-state index is 11.2. The molecule has 0 radical (unpaired) electrons. The van der Waals surface area contributed by atoms with Crippen molar-refractivity contribution in [3.05, 3.63) is 35.5 Å². The van der Waals surface area contributed by atoms with E-state index in [0.717, 1.165) is 24.8 Å². The molecule has 0 aromatic rings. The van der Waals surface area contributed by atoms with Crippen molar-refractivity contribution in [2.24, 2.45) is 5.92 Å². The zero-order valence-electron chi connectivity index (χ0n) is 13.2. The second kappa shape index (κ2) is 8.80. The van der Waals surface area contributed by atoms with Gasteiger partial charge < -0.3 is 14.6 Å². The number of carboxylic acids is 1. The van der Waals surface area contributed by atoms with Crippen LogP contribution in [0.15, 0.2) is 35.5 Å². The van der Waals surface area contributed by atoms with Crippen molar-refractivity contribution in [3.63, 3.8) is 0 Å². The smallest absolute Gasteiger partial charge is 0.331 e. The molecule has 1 N–H and O–H groups in total. The molecule has 0 spiro atoms. The van der Waals surface area contributed by atoms with Crippen molar-refractivity contribution in [2.75, 3.05) is 13.9 Å². The third-order valence-corrected chi connectivity index (χ3v) is 3.95. The predicted octanol–water partition coefficient (Wildman–Crippen LogP) is 3.70. The molecule has 118 valence electrons. The Kier molecular flexibility index (Phi) is 7.40. The van der Waals surface area contributed by atoms with E-state index in [1.807, 2.05) is 6.92 Å². The highest BCUT2D eigenvalue weighted by atomic mass is 16.7. The van der Waals surface area contributed by atoms with Crippen LogP contribution in [0.3, 0.4) is 0 Å². The Morgan fingerprint density at radius 2 is 2.14 bits per heavy atom. The summed E-state index contributed by atoms with van der Waals surface area (Å²) in [7, 11) is 1.58. The molecule has 2 atom stereocenters. The Morgan fingerprint density at radius 3 is 2.76 bits per heavy atom. The Labute approximate surface area is 127 Å². The van der Waals surface area contributed by atoms with Crippen LogP contribution in [0.25, 0.3) is 0 Å². The standard InChI is InChI=1S/C17H26O4/c1-12-6-5-7-13(2)16(21-11-20-4)10-15(9-8-12)14(3)17(18)19/h6-7,15-16H,3,5,8-11H2,1-2,4H3,(H,18,19)/b12-6+,13-7-/t15-,16+/m1/s1. The number of hydrogen-bond acceptors (Lipinski definition) is 3. The predicted molar refractivity (Wildman–Crippen MR) is 83.0 cm³/mol. The molecule has 0 heterocycles. The molecule has 21 heavy (non-hydrogen) atoms. The van der Waals surface area contributed by atoms with Gasteiger partial charge in [-0.05, 0) is 51.0 Å². The molecule has 0 aromatic heterocycles. The molecule has 0 amide bonds. The summed E-state index contributed by atoms with van der Waals surface area (Å²) in [5, 5.41) is 9.22. The summed E-state index contributed by atoms with van der Waals surface area (Å²) in [6.45, 7) is 8.06. The molecular weight excluding hydrogens is 268 g/mol. The maximum Gasteiger partial charge on any atom is 0.331 e. The number of rotatable bonds is 5. The number of carbonyl (C=O) groups is 1. The van der Waals surface area contributed by atoms with E-state index in [0.29, 0.717) is 6.42 Å². The molecule has 0 saturated heterocycles. The van der Waals surface area contributed by atoms with Crippen molar-refractivity contribution >= 4 is 5.97 Å². The van der Waals surface area contributed by atoms with E-state index < -0.39 is 5.97 Å². The van der Waals surface area contributed by atoms with Crippen LogP contribution in [-0.2, 0) is 14.3 Å². The van der Waals surface area contributed by atoms with E-state index in [1.165, 1.54) is 5.57 Å². The third kappa shape index (κ3) is 5.86. The van der Waals surface area contributed by atoms with Gasteiger partial charge in [-0.25, -0.2) is 4.79 Å². The summed E-state index contributed by atoms with van der Waals surface area (Å²) in [5.41, 5.74) is 2.67. The third-order valence-electron chi connectivity index (χ3n) is 3.95. The minimum atomic E-state index is -0.925. The first-order chi connectivity index (χ1) is 9.95. The van der Waals surface area contributed by atoms with Gasteiger partial charge in [0.15, 0.2) is 0 Å². The fourth-order valence-electron chi connectivity index (χ4n) is 2.48. The Hall–Kier alpha value is -1.39. The van der Waals surface area contributed by atoms with Gasteiger partial charge in [-0.15, -0.1) is 0 Å². The van der Waals surface area contributed by atoms with Crippen LogP contribution in [0.2, 0.25) is 0 Å². The highest BCUT2D eigenvalue weighted by Gasteiger charge is 2.24. The zero-order chi connectivity index (χ0) is 15.8. The van der Waals surface area contributed by atoms with Gasteiger partial charge in [-0.3, -0.25) is 0 Å². The van der Waals surface area contributed by atoms with Crippen molar-refractivity contribution in [1.82, 2.24) is 0 Å². The molecule has 0 aliphatic heterocycles. The molecule has 4 nitrogen and oxygen atoms in total. The van der Waals surface area contributed by atoms with Gasteiger partial charge in [-0.1, -0.05) is 24.3 Å². The van der Waals surface area contributed by atoms with Crippen LogP contribution >= 0.6 is 0 Å².